The Morgan fingerprint density at radius 3 is 2.42 bits per heavy atom. The summed E-state index contributed by atoms with van der Waals surface area (Å²) in [6, 6.07) is 0. The predicted octanol–water partition coefficient (Wildman–Crippen LogP) is -0.483. The third-order valence-corrected chi connectivity index (χ3v) is 1.38. The van der Waals surface area contributed by atoms with E-state index in [0.29, 0.717) is 13.0 Å². The molecule has 0 radical (unpaired) electrons. The minimum atomic E-state index is -0.813. The molecular formula is C8H18O4. The molecule has 0 aromatic rings. The Morgan fingerprint density at radius 2 is 2.00 bits per heavy atom. The van der Waals surface area contributed by atoms with Crippen molar-refractivity contribution in [2.24, 2.45) is 0 Å². The van der Waals surface area contributed by atoms with Crippen LogP contribution >= 0.6 is 0 Å². The molecule has 0 aliphatic heterocycles. The molecular weight excluding hydrogens is 160 g/mol. The van der Waals surface area contributed by atoms with Crippen LogP contribution in [0.25, 0.3) is 0 Å². The molecule has 0 spiro atoms. The summed E-state index contributed by atoms with van der Waals surface area (Å²) in [4.78, 5) is 0. The van der Waals surface area contributed by atoms with E-state index in [0.717, 1.165) is 0 Å². The number of aliphatic hydroxyl groups excluding tert-OH is 2. The largest absolute Gasteiger partial charge is 0.394 e. The molecule has 0 bridgehead atoms. The molecule has 0 aromatic carbocycles. The third kappa shape index (κ3) is 7.94. The summed E-state index contributed by atoms with van der Waals surface area (Å²) in [6.07, 6.45) is -0.294. The van der Waals surface area contributed by atoms with Crippen LogP contribution in [0, 0.1) is 0 Å². The molecule has 0 aromatic heterocycles. The van der Waals surface area contributed by atoms with Crippen LogP contribution in [0.5, 0.6) is 0 Å². The first-order chi connectivity index (χ1) is 5.45. The SMILES string of the molecule is CC(C)(O)CCOCC(O)CO. The van der Waals surface area contributed by atoms with Crippen molar-refractivity contribution in [1.29, 1.82) is 0 Å². The molecule has 0 saturated carbocycles. The van der Waals surface area contributed by atoms with Crippen LogP contribution in [-0.2, 0) is 4.74 Å². The average molecular weight is 178 g/mol. The lowest BCUT2D eigenvalue weighted by atomic mass is 10.1. The first-order valence-electron chi connectivity index (χ1n) is 4.05. The normalized spacial score (nSPS) is 14.8. The van der Waals surface area contributed by atoms with Gasteiger partial charge in [-0.25, -0.2) is 0 Å². The summed E-state index contributed by atoms with van der Waals surface area (Å²) in [6.45, 7) is 3.60. The van der Waals surface area contributed by atoms with Crippen LogP contribution in [0.2, 0.25) is 0 Å². The van der Waals surface area contributed by atoms with Crippen molar-refractivity contribution in [3.8, 4) is 0 Å². The highest BCUT2D eigenvalue weighted by molar-refractivity contribution is 4.63. The smallest absolute Gasteiger partial charge is 0.100 e. The van der Waals surface area contributed by atoms with E-state index in [1.807, 2.05) is 0 Å². The van der Waals surface area contributed by atoms with E-state index in [9.17, 15) is 5.11 Å². The van der Waals surface area contributed by atoms with Gasteiger partial charge in [0, 0.05) is 6.61 Å². The lowest BCUT2D eigenvalue weighted by molar-refractivity contribution is -0.0170. The van der Waals surface area contributed by atoms with Gasteiger partial charge in [-0.1, -0.05) is 0 Å². The summed E-state index contributed by atoms with van der Waals surface area (Å²) in [5, 5.41) is 26.5. The van der Waals surface area contributed by atoms with Gasteiger partial charge >= 0.3 is 0 Å². The quantitative estimate of drug-likeness (QED) is 0.480. The standard InChI is InChI=1S/C8H18O4/c1-8(2,11)3-4-12-6-7(10)5-9/h7,9-11H,3-6H2,1-2H3. The van der Waals surface area contributed by atoms with Gasteiger partial charge in [-0.05, 0) is 20.3 Å². The maximum absolute atomic E-state index is 9.25. The Morgan fingerprint density at radius 1 is 1.42 bits per heavy atom. The van der Waals surface area contributed by atoms with Crippen molar-refractivity contribution in [2.75, 3.05) is 19.8 Å². The molecule has 0 rings (SSSR count). The molecule has 1 unspecified atom stereocenters. The molecule has 0 aliphatic rings. The first-order valence-corrected chi connectivity index (χ1v) is 4.05. The maximum Gasteiger partial charge on any atom is 0.100 e. The second-order valence-electron chi connectivity index (χ2n) is 3.47. The summed E-state index contributed by atoms with van der Waals surface area (Å²) >= 11 is 0. The minimum Gasteiger partial charge on any atom is -0.394 e. The second-order valence-corrected chi connectivity index (χ2v) is 3.47. The van der Waals surface area contributed by atoms with Crippen LogP contribution < -0.4 is 0 Å². The highest BCUT2D eigenvalue weighted by atomic mass is 16.5. The Hall–Kier alpha value is -0.160. The molecule has 4 heteroatoms. The van der Waals surface area contributed by atoms with Crippen molar-refractivity contribution in [2.45, 2.75) is 32.0 Å². The van der Waals surface area contributed by atoms with Crippen molar-refractivity contribution in [1.82, 2.24) is 0 Å². The summed E-state index contributed by atoms with van der Waals surface area (Å²) in [5.41, 5.74) is -0.732. The van der Waals surface area contributed by atoms with Crippen molar-refractivity contribution in [3.63, 3.8) is 0 Å². The zero-order valence-electron chi connectivity index (χ0n) is 7.66. The van der Waals surface area contributed by atoms with Crippen molar-refractivity contribution in [3.05, 3.63) is 0 Å². The Balaban J connectivity index is 3.22. The van der Waals surface area contributed by atoms with E-state index in [2.05, 4.69) is 0 Å². The van der Waals surface area contributed by atoms with Gasteiger partial charge in [-0.2, -0.15) is 0 Å². The Kier molecular flexibility index (Phi) is 5.41. The van der Waals surface area contributed by atoms with E-state index >= 15 is 0 Å². The zero-order chi connectivity index (χ0) is 9.61. The fourth-order valence-corrected chi connectivity index (χ4v) is 0.594. The van der Waals surface area contributed by atoms with Gasteiger partial charge in [0.15, 0.2) is 0 Å². The number of rotatable bonds is 6. The van der Waals surface area contributed by atoms with E-state index < -0.39 is 11.7 Å². The predicted molar refractivity (Wildman–Crippen MR) is 44.8 cm³/mol. The lowest BCUT2D eigenvalue weighted by Crippen LogP contribution is -2.24. The Bertz CT molecular complexity index is 108. The number of ether oxygens (including phenoxy) is 1. The van der Waals surface area contributed by atoms with Gasteiger partial charge in [0.05, 0.1) is 18.8 Å². The lowest BCUT2D eigenvalue weighted by Gasteiger charge is -2.17. The van der Waals surface area contributed by atoms with Crippen molar-refractivity contribution < 1.29 is 20.1 Å². The van der Waals surface area contributed by atoms with E-state index in [4.69, 9.17) is 14.9 Å². The fraction of sp³-hybridized carbons (Fsp3) is 1.00. The molecule has 3 N–H and O–H groups in total. The summed E-state index contributed by atoms with van der Waals surface area (Å²) in [5.74, 6) is 0. The van der Waals surface area contributed by atoms with Gasteiger partial charge in [-0.15, -0.1) is 0 Å². The molecule has 0 aliphatic carbocycles. The Labute approximate surface area is 72.8 Å². The molecule has 0 fully saturated rings. The van der Waals surface area contributed by atoms with E-state index in [1.54, 1.807) is 13.8 Å². The van der Waals surface area contributed by atoms with Gasteiger partial charge in [0.25, 0.3) is 0 Å². The molecule has 0 heterocycles. The molecule has 0 saturated heterocycles. The van der Waals surface area contributed by atoms with Crippen molar-refractivity contribution >= 4 is 0 Å². The zero-order valence-corrected chi connectivity index (χ0v) is 7.66. The molecule has 74 valence electrons. The monoisotopic (exact) mass is 178 g/mol. The van der Waals surface area contributed by atoms with Crippen LogP contribution in [0.3, 0.4) is 0 Å². The van der Waals surface area contributed by atoms with Gasteiger partial charge in [0.1, 0.15) is 6.10 Å². The summed E-state index contributed by atoms with van der Waals surface area (Å²) < 4.78 is 4.99. The van der Waals surface area contributed by atoms with Gasteiger partial charge < -0.3 is 20.1 Å². The van der Waals surface area contributed by atoms with Crippen LogP contribution in [0.1, 0.15) is 20.3 Å². The van der Waals surface area contributed by atoms with Crippen LogP contribution in [-0.4, -0.2) is 46.8 Å². The topological polar surface area (TPSA) is 69.9 Å². The van der Waals surface area contributed by atoms with Crippen LogP contribution in [0.4, 0.5) is 0 Å². The first kappa shape index (κ1) is 11.8. The average Bonchev–Trinajstić information content (AvgIpc) is 1.96. The highest BCUT2D eigenvalue weighted by Crippen LogP contribution is 2.06. The molecule has 12 heavy (non-hydrogen) atoms. The highest BCUT2D eigenvalue weighted by Gasteiger charge is 2.12. The molecule has 1 atom stereocenters. The van der Waals surface area contributed by atoms with Crippen LogP contribution in [0.15, 0.2) is 0 Å². The fourth-order valence-electron chi connectivity index (χ4n) is 0.594. The van der Waals surface area contributed by atoms with Gasteiger partial charge in [0.2, 0.25) is 0 Å². The number of hydrogen-bond acceptors (Lipinski definition) is 4. The maximum atomic E-state index is 9.25. The minimum absolute atomic E-state index is 0.118. The number of hydrogen-bond donors (Lipinski definition) is 3. The second kappa shape index (κ2) is 5.48. The third-order valence-electron chi connectivity index (χ3n) is 1.38. The van der Waals surface area contributed by atoms with Gasteiger partial charge in [-0.3, -0.25) is 0 Å². The molecule has 4 nitrogen and oxygen atoms in total. The van der Waals surface area contributed by atoms with E-state index in [-0.39, 0.29) is 13.2 Å². The van der Waals surface area contributed by atoms with E-state index in [1.165, 1.54) is 0 Å². The summed E-state index contributed by atoms with van der Waals surface area (Å²) in [7, 11) is 0. The molecule has 0 amide bonds. The number of aliphatic hydroxyl groups is 3.